The van der Waals surface area contributed by atoms with Crippen LogP contribution in [-0.4, -0.2) is 79.8 Å². The number of thioether (sulfide) groups is 1. The first-order valence-corrected chi connectivity index (χ1v) is 15.0. The van der Waals surface area contributed by atoms with Gasteiger partial charge in [0.15, 0.2) is 16.1 Å². The minimum Gasteiger partial charge on any atom is -0.465 e. The fraction of sp³-hybridized carbons (Fsp3) is 0.667. The standard InChI is InChI=1S/C24H31BBrClFN5O4S/c1-6-38-21-29-17-15(18(26)30-19(27)16(17)28)20(31-21)32-11-12-7-8-14(33(12)22(34)35)13(32)9-10-25-36-23(2,3)24(4,5)37-25/h12-14H,6-11H2,1-5H3,(H,34,35)/t12-,13+,14+/m1/s1. The van der Waals surface area contributed by atoms with Crippen LogP contribution < -0.4 is 4.90 Å². The van der Waals surface area contributed by atoms with Crippen LogP contribution in [0.25, 0.3) is 10.9 Å². The molecule has 0 unspecified atom stereocenters. The zero-order valence-corrected chi connectivity index (χ0v) is 25.2. The molecule has 5 heterocycles. The fourth-order valence-electron chi connectivity index (χ4n) is 5.79. The van der Waals surface area contributed by atoms with Crippen molar-refractivity contribution in [2.75, 3.05) is 17.2 Å². The van der Waals surface area contributed by atoms with Crippen LogP contribution in [0.5, 0.6) is 0 Å². The zero-order valence-electron chi connectivity index (χ0n) is 22.0. The van der Waals surface area contributed by atoms with Crippen LogP contribution in [0.15, 0.2) is 9.76 Å². The lowest BCUT2D eigenvalue weighted by Gasteiger charge is -2.47. The monoisotopic (exact) mass is 629 g/mol. The largest absolute Gasteiger partial charge is 0.465 e. The fourth-order valence-corrected chi connectivity index (χ4v) is 7.17. The summed E-state index contributed by atoms with van der Waals surface area (Å²) in [6, 6.07) is -0.668. The molecule has 2 aromatic rings. The average molecular weight is 631 g/mol. The Morgan fingerprint density at radius 2 is 1.92 bits per heavy atom. The molecule has 5 rings (SSSR count). The minimum atomic E-state index is -0.923. The van der Waals surface area contributed by atoms with Crippen LogP contribution >= 0.6 is 39.3 Å². The number of pyridine rings is 1. The molecule has 3 aliphatic heterocycles. The van der Waals surface area contributed by atoms with Crippen LogP contribution in [0.1, 0.15) is 53.9 Å². The van der Waals surface area contributed by atoms with Gasteiger partial charge in [0.2, 0.25) is 0 Å². The molecule has 2 aromatic heterocycles. The lowest BCUT2D eigenvalue weighted by molar-refractivity contribution is 0.00578. The summed E-state index contributed by atoms with van der Waals surface area (Å²) in [5.74, 6) is 0.532. The molecule has 9 nitrogen and oxygen atoms in total. The summed E-state index contributed by atoms with van der Waals surface area (Å²) in [6.07, 6.45) is 1.73. The van der Waals surface area contributed by atoms with Gasteiger partial charge in [-0.25, -0.2) is 24.1 Å². The van der Waals surface area contributed by atoms with Crippen molar-refractivity contribution in [3.8, 4) is 0 Å². The SMILES string of the molecule is CCSc1nc(N2C[C@H]3CC[C@@H]([C@@H]2CCB2OC(C)(C)C(C)(C)O2)N3C(=O)O)c2c(Br)nc(Cl)c(F)c2n1. The van der Waals surface area contributed by atoms with Crippen LogP contribution in [0.4, 0.5) is 15.0 Å². The Labute approximate surface area is 239 Å². The van der Waals surface area contributed by atoms with Crippen LogP contribution in [-0.2, 0) is 9.31 Å². The third kappa shape index (κ3) is 4.76. The van der Waals surface area contributed by atoms with Crippen molar-refractivity contribution < 1.29 is 23.6 Å². The Kier molecular flexibility index (Phi) is 7.56. The maximum atomic E-state index is 15.2. The van der Waals surface area contributed by atoms with E-state index in [0.717, 1.165) is 12.8 Å². The Balaban J connectivity index is 1.57. The van der Waals surface area contributed by atoms with Crippen molar-refractivity contribution in [3.05, 3.63) is 15.6 Å². The Morgan fingerprint density at radius 3 is 2.55 bits per heavy atom. The van der Waals surface area contributed by atoms with Gasteiger partial charge in [0.05, 0.1) is 34.7 Å². The van der Waals surface area contributed by atoms with Gasteiger partial charge in [0.25, 0.3) is 0 Å². The Morgan fingerprint density at radius 1 is 1.24 bits per heavy atom. The van der Waals surface area contributed by atoms with E-state index >= 15 is 4.39 Å². The molecule has 0 radical (unpaired) electrons. The van der Waals surface area contributed by atoms with Crippen molar-refractivity contribution >= 4 is 69.2 Å². The summed E-state index contributed by atoms with van der Waals surface area (Å²) >= 11 is 10.9. The van der Waals surface area contributed by atoms with Crippen molar-refractivity contribution in [1.82, 2.24) is 19.9 Å². The van der Waals surface area contributed by atoms with Crippen molar-refractivity contribution in [3.63, 3.8) is 0 Å². The highest BCUT2D eigenvalue weighted by Crippen LogP contribution is 2.44. The molecule has 3 saturated heterocycles. The number of rotatable bonds is 6. The molecule has 2 bridgehead atoms. The number of piperazine rings is 1. The second-order valence-corrected chi connectivity index (χ2v) is 13.3. The number of amides is 1. The number of carboxylic acid groups (broad SMARTS) is 1. The summed E-state index contributed by atoms with van der Waals surface area (Å²) in [6.45, 7) is 10.4. The highest BCUT2D eigenvalue weighted by molar-refractivity contribution is 9.10. The minimum absolute atomic E-state index is 0.0931. The molecule has 3 aliphatic rings. The number of nitrogens with zero attached hydrogens (tertiary/aromatic N) is 5. The highest BCUT2D eigenvalue weighted by atomic mass is 79.9. The normalized spacial score (nSPS) is 26.0. The average Bonchev–Trinajstić information content (AvgIpc) is 3.26. The third-order valence-corrected chi connectivity index (χ3v) is 9.78. The van der Waals surface area contributed by atoms with Gasteiger partial charge in [0.1, 0.15) is 15.9 Å². The third-order valence-electron chi connectivity index (χ3n) is 8.23. The van der Waals surface area contributed by atoms with Crippen LogP contribution in [0.3, 0.4) is 0 Å². The second-order valence-electron chi connectivity index (χ2n) is 11.0. The van der Waals surface area contributed by atoms with Gasteiger partial charge < -0.3 is 19.3 Å². The molecular formula is C24H31BBrClFN5O4S. The van der Waals surface area contributed by atoms with Gasteiger partial charge in [-0.1, -0.05) is 30.3 Å². The first-order chi connectivity index (χ1) is 17.8. The molecule has 14 heteroatoms. The van der Waals surface area contributed by atoms with Gasteiger partial charge >= 0.3 is 13.2 Å². The van der Waals surface area contributed by atoms with Gasteiger partial charge in [-0.3, -0.25) is 4.90 Å². The number of aromatic nitrogens is 3. The maximum absolute atomic E-state index is 15.2. The summed E-state index contributed by atoms with van der Waals surface area (Å²) in [7, 11) is -0.419. The number of carbonyl (C=O) groups is 1. The quantitative estimate of drug-likeness (QED) is 0.182. The lowest BCUT2D eigenvalue weighted by Crippen LogP contribution is -2.61. The molecule has 3 fully saturated rings. The summed E-state index contributed by atoms with van der Waals surface area (Å²) in [4.78, 5) is 29.4. The van der Waals surface area contributed by atoms with Crippen molar-refractivity contribution in [1.29, 1.82) is 0 Å². The Bertz CT molecular complexity index is 1260. The molecule has 38 heavy (non-hydrogen) atoms. The highest BCUT2D eigenvalue weighted by Gasteiger charge is 2.53. The predicted molar refractivity (Wildman–Crippen MR) is 150 cm³/mol. The first kappa shape index (κ1) is 28.1. The Hall–Kier alpha value is -1.41. The van der Waals surface area contributed by atoms with E-state index in [2.05, 4.69) is 30.8 Å². The van der Waals surface area contributed by atoms with Gasteiger partial charge in [0, 0.05) is 6.54 Å². The molecule has 206 valence electrons. The molecular weight excluding hydrogens is 600 g/mol. The van der Waals surface area contributed by atoms with E-state index in [-0.39, 0.29) is 28.8 Å². The predicted octanol–water partition coefficient (Wildman–Crippen LogP) is 5.87. The smallest absolute Gasteiger partial charge is 0.457 e. The van der Waals surface area contributed by atoms with E-state index in [1.54, 1.807) is 4.90 Å². The molecule has 1 amide bonds. The van der Waals surface area contributed by atoms with Gasteiger partial charge in [-0.2, -0.15) is 0 Å². The van der Waals surface area contributed by atoms with Crippen molar-refractivity contribution in [2.45, 2.75) is 94.7 Å². The summed E-state index contributed by atoms with van der Waals surface area (Å²) in [5, 5.41) is 10.6. The molecule has 3 atom stereocenters. The number of hydrogen-bond acceptors (Lipinski definition) is 8. The topological polar surface area (TPSA) is 101 Å². The van der Waals surface area contributed by atoms with E-state index in [1.165, 1.54) is 11.8 Å². The van der Waals surface area contributed by atoms with E-state index in [9.17, 15) is 9.90 Å². The van der Waals surface area contributed by atoms with E-state index in [4.69, 9.17) is 25.9 Å². The molecule has 0 saturated carbocycles. The molecule has 1 N–H and O–H groups in total. The maximum Gasteiger partial charge on any atom is 0.457 e. The summed E-state index contributed by atoms with van der Waals surface area (Å²) < 4.78 is 28.0. The number of fused-ring (bicyclic) bond motifs is 3. The zero-order chi connectivity index (χ0) is 27.6. The summed E-state index contributed by atoms with van der Waals surface area (Å²) in [5.41, 5.74) is -0.828. The first-order valence-electron chi connectivity index (χ1n) is 12.8. The second kappa shape index (κ2) is 10.2. The molecule has 0 spiro atoms. The number of hydrogen-bond donors (Lipinski definition) is 1. The van der Waals surface area contributed by atoms with Gasteiger partial charge in [-0.15, -0.1) is 0 Å². The van der Waals surface area contributed by atoms with E-state index < -0.39 is 30.2 Å². The van der Waals surface area contributed by atoms with Crippen LogP contribution in [0, 0.1) is 5.82 Å². The number of anilines is 1. The van der Waals surface area contributed by atoms with Crippen molar-refractivity contribution in [2.24, 2.45) is 0 Å². The lowest BCUT2D eigenvalue weighted by atomic mass is 9.79. The molecule has 0 aliphatic carbocycles. The van der Waals surface area contributed by atoms with E-state index in [1.807, 2.05) is 34.6 Å². The molecule has 0 aromatic carbocycles. The number of halogens is 3. The van der Waals surface area contributed by atoms with Crippen LogP contribution in [0.2, 0.25) is 11.5 Å². The van der Waals surface area contributed by atoms with Gasteiger partial charge in [-0.05, 0) is 75.0 Å². The van der Waals surface area contributed by atoms with E-state index in [0.29, 0.717) is 46.0 Å².